The summed E-state index contributed by atoms with van der Waals surface area (Å²) >= 11 is 0. The van der Waals surface area contributed by atoms with Crippen molar-refractivity contribution in [2.75, 3.05) is 19.6 Å². The number of amides is 1. The van der Waals surface area contributed by atoms with Crippen LogP contribution in [0.3, 0.4) is 0 Å². The fourth-order valence-electron chi connectivity index (χ4n) is 1.69. The van der Waals surface area contributed by atoms with Crippen molar-refractivity contribution in [1.82, 2.24) is 10.2 Å². The van der Waals surface area contributed by atoms with Gasteiger partial charge in [0.2, 0.25) is 5.91 Å². The Hall–Kier alpha value is -0.610. The molecular weight excluding hydrogens is 180 g/mol. The molecule has 0 aliphatic carbocycles. The van der Waals surface area contributed by atoms with Crippen LogP contribution in [0.5, 0.6) is 0 Å². The lowest BCUT2D eigenvalue weighted by Gasteiger charge is -2.48. The average molecular weight is 200 g/mol. The van der Waals surface area contributed by atoms with Crippen LogP contribution in [-0.2, 0) is 4.79 Å². The number of β-amino-alcohol motifs (C(OH)–C–C–N with tert-alkyl or cyclic N) is 1. The lowest BCUT2D eigenvalue weighted by molar-refractivity contribution is -0.142. The lowest BCUT2D eigenvalue weighted by atomic mass is 9.90. The summed E-state index contributed by atoms with van der Waals surface area (Å²) in [7, 11) is 0. The fraction of sp³-hybridized carbons (Fsp3) is 0.900. The Kier molecular flexibility index (Phi) is 3.50. The van der Waals surface area contributed by atoms with E-state index in [9.17, 15) is 9.90 Å². The zero-order valence-electron chi connectivity index (χ0n) is 9.21. The number of carbonyl (C=O) groups is 1. The summed E-state index contributed by atoms with van der Waals surface area (Å²) in [6, 6.07) is -0.123. The Morgan fingerprint density at radius 3 is 2.57 bits per heavy atom. The number of rotatable bonds is 4. The number of hydrogen-bond donors (Lipinski definition) is 2. The Morgan fingerprint density at radius 2 is 2.14 bits per heavy atom. The molecule has 0 bridgehead atoms. The second-order valence-corrected chi connectivity index (χ2v) is 4.05. The van der Waals surface area contributed by atoms with E-state index in [0.29, 0.717) is 19.6 Å². The van der Waals surface area contributed by atoms with Crippen LogP contribution >= 0.6 is 0 Å². The van der Waals surface area contributed by atoms with Gasteiger partial charge in [-0.3, -0.25) is 9.69 Å². The van der Waals surface area contributed by atoms with E-state index < -0.39 is 5.60 Å². The first-order valence-corrected chi connectivity index (χ1v) is 5.26. The molecule has 4 nitrogen and oxygen atoms in total. The van der Waals surface area contributed by atoms with E-state index in [-0.39, 0.29) is 11.9 Å². The first kappa shape index (κ1) is 11.5. The maximum absolute atomic E-state index is 11.4. The van der Waals surface area contributed by atoms with Crippen molar-refractivity contribution in [3.05, 3.63) is 0 Å². The van der Waals surface area contributed by atoms with Gasteiger partial charge in [0.1, 0.15) is 0 Å². The summed E-state index contributed by atoms with van der Waals surface area (Å²) in [5.41, 5.74) is -0.555. The van der Waals surface area contributed by atoms with Crippen molar-refractivity contribution in [2.24, 2.45) is 0 Å². The summed E-state index contributed by atoms with van der Waals surface area (Å²) < 4.78 is 0. The minimum Gasteiger partial charge on any atom is -0.387 e. The van der Waals surface area contributed by atoms with Gasteiger partial charge < -0.3 is 10.4 Å². The van der Waals surface area contributed by atoms with Crippen molar-refractivity contribution in [3.63, 3.8) is 0 Å². The molecule has 0 aromatic heterocycles. The Bertz CT molecular complexity index is 212. The van der Waals surface area contributed by atoms with E-state index in [0.717, 1.165) is 6.42 Å². The molecule has 0 aromatic rings. The van der Waals surface area contributed by atoms with Crippen molar-refractivity contribution in [1.29, 1.82) is 0 Å². The first-order chi connectivity index (χ1) is 6.52. The lowest BCUT2D eigenvalue weighted by Crippen LogP contribution is -2.66. The third-order valence-corrected chi connectivity index (χ3v) is 2.93. The number of aliphatic hydroxyl groups is 1. The Labute approximate surface area is 85.3 Å². The topological polar surface area (TPSA) is 52.6 Å². The largest absolute Gasteiger partial charge is 0.387 e. The number of nitrogens with zero attached hydrogens (tertiary/aromatic N) is 1. The van der Waals surface area contributed by atoms with Crippen LogP contribution in [0.4, 0.5) is 0 Å². The molecule has 1 atom stereocenters. The third-order valence-electron chi connectivity index (χ3n) is 2.93. The maximum atomic E-state index is 11.4. The van der Waals surface area contributed by atoms with E-state index in [4.69, 9.17) is 0 Å². The van der Waals surface area contributed by atoms with Gasteiger partial charge in [-0.05, 0) is 20.3 Å². The molecule has 0 radical (unpaired) electrons. The maximum Gasteiger partial charge on any atom is 0.237 e. The molecule has 1 aliphatic rings. The molecule has 1 unspecified atom stereocenters. The summed E-state index contributed by atoms with van der Waals surface area (Å²) in [6.07, 6.45) is 0.756. The highest BCUT2D eigenvalue weighted by Crippen LogP contribution is 2.25. The molecule has 0 saturated carbocycles. The van der Waals surface area contributed by atoms with Gasteiger partial charge in [0, 0.05) is 19.6 Å². The van der Waals surface area contributed by atoms with Crippen LogP contribution < -0.4 is 5.32 Å². The molecule has 82 valence electrons. The summed E-state index contributed by atoms with van der Waals surface area (Å²) in [4.78, 5) is 13.4. The molecule has 2 N–H and O–H groups in total. The van der Waals surface area contributed by atoms with Gasteiger partial charge in [0.25, 0.3) is 0 Å². The molecule has 0 spiro atoms. The molecule has 1 amide bonds. The van der Waals surface area contributed by atoms with E-state index >= 15 is 0 Å². The van der Waals surface area contributed by atoms with Gasteiger partial charge >= 0.3 is 0 Å². The van der Waals surface area contributed by atoms with Crippen LogP contribution in [0.25, 0.3) is 0 Å². The zero-order chi connectivity index (χ0) is 10.8. The van der Waals surface area contributed by atoms with Crippen LogP contribution in [0.2, 0.25) is 0 Å². The highest BCUT2D eigenvalue weighted by molar-refractivity contribution is 5.81. The predicted octanol–water partition coefficient (Wildman–Crippen LogP) is -0.0323. The summed E-state index contributed by atoms with van der Waals surface area (Å²) in [5, 5.41) is 12.6. The first-order valence-electron chi connectivity index (χ1n) is 5.26. The molecule has 1 aliphatic heterocycles. The third kappa shape index (κ3) is 2.25. The van der Waals surface area contributed by atoms with E-state index in [1.165, 1.54) is 0 Å². The molecular formula is C10H20N2O2. The normalized spacial score (nSPS) is 22.6. The number of likely N-dealkylation sites (tertiary alicyclic amines) is 1. The molecule has 1 heterocycles. The quantitative estimate of drug-likeness (QED) is 0.670. The SMILES string of the molecule is CCNC(=O)C(C)N1CC(O)(CC)C1. The smallest absolute Gasteiger partial charge is 0.237 e. The second-order valence-electron chi connectivity index (χ2n) is 4.05. The predicted molar refractivity (Wildman–Crippen MR) is 55.0 cm³/mol. The minimum atomic E-state index is -0.555. The number of hydrogen-bond acceptors (Lipinski definition) is 3. The van der Waals surface area contributed by atoms with Gasteiger partial charge in [0.15, 0.2) is 0 Å². The van der Waals surface area contributed by atoms with Crippen molar-refractivity contribution in [3.8, 4) is 0 Å². The van der Waals surface area contributed by atoms with Crippen molar-refractivity contribution < 1.29 is 9.90 Å². The molecule has 1 rings (SSSR count). The van der Waals surface area contributed by atoms with Crippen LogP contribution in [-0.4, -0.2) is 47.2 Å². The van der Waals surface area contributed by atoms with Crippen molar-refractivity contribution in [2.45, 2.75) is 38.8 Å². The van der Waals surface area contributed by atoms with Gasteiger partial charge in [0.05, 0.1) is 11.6 Å². The molecule has 14 heavy (non-hydrogen) atoms. The van der Waals surface area contributed by atoms with Crippen LogP contribution in [0.1, 0.15) is 27.2 Å². The zero-order valence-corrected chi connectivity index (χ0v) is 9.21. The number of carbonyl (C=O) groups excluding carboxylic acids is 1. The molecule has 0 aromatic carbocycles. The van der Waals surface area contributed by atoms with E-state index in [2.05, 4.69) is 5.32 Å². The summed E-state index contributed by atoms with van der Waals surface area (Å²) in [5.74, 6) is 0.0469. The number of likely N-dealkylation sites (N-methyl/N-ethyl adjacent to an activating group) is 1. The Balaban J connectivity index is 2.35. The monoisotopic (exact) mass is 200 g/mol. The van der Waals surface area contributed by atoms with Gasteiger partial charge in [-0.1, -0.05) is 6.92 Å². The van der Waals surface area contributed by atoms with Gasteiger partial charge in [-0.15, -0.1) is 0 Å². The summed E-state index contributed by atoms with van der Waals surface area (Å²) in [6.45, 7) is 7.64. The molecule has 1 saturated heterocycles. The van der Waals surface area contributed by atoms with E-state index in [1.807, 2.05) is 25.7 Å². The average Bonchev–Trinajstić information content (AvgIpc) is 2.12. The molecule has 1 fully saturated rings. The molecule has 4 heteroatoms. The minimum absolute atomic E-state index is 0.0469. The van der Waals surface area contributed by atoms with Crippen LogP contribution in [0.15, 0.2) is 0 Å². The van der Waals surface area contributed by atoms with Crippen molar-refractivity contribution >= 4 is 5.91 Å². The highest BCUT2D eigenvalue weighted by atomic mass is 16.3. The highest BCUT2D eigenvalue weighted by Gasteiger charge is 2.42. The standard InChI is InChI=1S/C10H20N2O2/c1-4-10(14)6-12(7-10)8(3)9(13)11-5-2/h8,14H,4-7H2,1-3H3,(H,11,13). The van der Waals surface area contributed by atoms with Crippen LogP contribution in [0, 0.1) is 0 Å². The Morgan fingerprint density at radius 1 is 1.57 bits per heavy atom. The fourth-order valence-corrected chi connectivity index (χ4v) is 1.69. The number of nitrogens with one attached hydrogen (secondary N) is 1. The van der Waals surface area contributed by atoms with Gasteiger partial charge in [-0.2, -0.15) is 0 Å². The second kappa shape index (κ2) is 4.28. The van der Waals surface area contributed by atoms with E-state index in [1.54, 1.807) is 0 Å². The van der Waals surface area contributed by atoms with Gasteiger partial charge in [-0.25, -0.2) is 0 Å².